The normalized spacial score (nSPS) is 12.4. The first kappa shape index (κ1) is 19.3. The van der Waals surface area contributed by atoms with Crippen LogP contribution in [0.25, 0.3) is 22.4 Å². The number of hydrogen-bond donors (Lipinski definition) is 0. The monoisotopic (exact) mass is 405 g/mol. The molecule has 0 aliphatic rings. The van der Waals surface area contributed by atoms with Crippen molar-refractivity contribution in [3.63, 3.8) is 0 Å². The molecule has 0 saturated heterocycles. The fourth-order valence-electron chi connectivity index (χ4n) is 3.04. The fraction of sp³-hybridized carbons (Fsp3) is 0.261. The van der Waals surface area contributed by atoms with Gasteiger partial charge in [0.25, 0.3) is 5.56 Å². The lowest BCUT2D eigenvalue weighted by Crippen LogP contribution is -2.23. The summed E-state index contributed by atoms with van der Waals surface area (Å²) in [4.78, 5) is 17.9. The molecule has 4 rings (SSSR count). The van der Waals surface area contributed by atoms with Gasteiger partial charge in [0.2, 0.25) is 4.96 Å². The van der Waals surface area contributed by atoms with Gasteiger partial charge in [-0.15, -0.1) is 5.10 Å². The number of ether oxygens (including phenoxy) is 1. The Kier molecular flexibility index (Phi) is 5.20. The molecule has 0 bridgehead atoms. The molecule has 0 N–H and O–H groups in total. The first-order valence-corrected chi connectivity index (χ1v) is 10.5. The van der Waals surface area contributed by atoms with Crippen molar-refractivity contribution < 1.29 is 4.74 Å². The summed E-state index contributed by atoms with van der Waals surface area (Å²) in [5.74, 6) is 1.82. The summed E-state index contributed by atoms with van der Waals surface area (Å²) in [7, 11) is 0. The first-order valence-electron chi connectivity index (χ1n) is 9.69. The molecule has 2 aromatic carbocycles. The quantitative estimate of drug-likeness (QED) is 0.497. The van der Waals surface area contributed by atoms with Crippen molar-refractivity contribution >= 4 is 22.4 Å². The Hall–Kier alpha value is -2.99. The van der Waals surface area contributed by atoms with E-state index in [0.29, 0.717) is 21.2 Å². The van der Waals surface area contributed by atoms with Gasteiger partial charge in [0.05, 0.1) is 10.6 Å². The lowest BCUT2D eigenvalue weighted by atomic mass is 10.0. The number of rotatable bonds is 5. The second-order valence-corrected chi connectivity index (χ2v) is 8.57. The van der Waals surface area contributed by atoms with Crippen molar-refractivity contribution in [3.8, 4) is 17.1 Å². The van der Waals surface area contributed by atoms with Gasteiger partial charge in [-0.2, -0.15) is 9.50 Å². The number of hydrogen-bond acceptors (Lipinski definition) is 5. The van der Waals surface area contributed by atoms with Crippen molar-refractivity contribution in [1.29, 1.82) is 0 Å². The molecule has 6 heteroatoms. The van der Waals surface area contributed by atoms with Crippen LogP contribution in [0.4, 0.5) is 0 Å². The maximum absolute atomic E-state index is 12.7. The van der Waals surface area contributed by atoms with E-state index in [1.165, 1.54) is 21.4 Å². The second kappa shape index (κ2) is 7.79. The highest BCUT2D eigenvalue weighted by Gasteiger charge is 2.12. The third-order valence-corrected chi connectivity index (χ3v) is 5.53. The zero-order valence-electron chi connectivity index (χ0n) is 16.9. The Morgan fingerprint density at radius 3 is 2.28 bits per heavy atom. The summed E-state index contributed by atoms with van der Waals surface area (Å²) in [6.45, 7) is 8.30. The Bertz CT molecular complexity index is 1240. The molecule has 0 saturated carbocycles. The van der Waals surface area contributed by atoms with Crippen molar-refractivity contribution in [2.45, 2.75) is 39.7 Å². The molecular formula is C23H23N3O2S. The van der Waals surface area contributed by atoms with E-state index in [1.807, 2.05) is 56.3 Å². The van der Waals surface area contributed by atoms with Crippen LogP contribution in [0.2, 0.25) is 0 Å². The van der Waals surface area contributed by atoms with Crippen LogP contribution in [-0.2, 0) is 0 Å². The third-order valence-electron chi connectivity index (χ3n) is 4.57. The van der Waals surface area contributed by atoms with Gasteiger partial charge in [-0.05, 0) is 61.2 Å². The third kappa shape index (κ3) is 4.07. The minimum atomic E-state index is -0.142. The highest BCUT2D eigenvalue weighted by Crippen LogP contribution is 2.21. The minimum absolute atomic E-state index is 0.121. The van der Waals surface area contributed by atoms with Crippen LogP contribution >= 0.6 is 11.3 Å². The largest absolute Gasteiger partial charge is 0.491 e. The van der Waals surface area contributed by atoms with Crippen LogP contribution in [0.15, 0.2) is 53.3 Å². The van der Waals surface area contributed by atoms with Crippen molar-refractivity contribution in [2.24, 2.45) is 0 Å². The lowest BCUT2D eigenvalue weighted by molar-refractivity contribution is 0.242. The Balaban J connectivity index is 1.64. The molecule has 0 amide bonds. The molecule has 148 valence electrons. The Morgan fingerprint density at radius 1 is 1.00 bits per heavy atom. The molecule has 0 aliphatic heterocycles. The lowest BCUT2D eigenvalue weighted by Gasteiger charge is -2.09. The molecule has 5 nitrogen and oxygen atoms in total. The van der Waals surface area contributed by atoms with Crippen LogP contribution < -0.4 is 14.8 Å². The van der Waals surface area contributed by atoms with E-state index >= 15 is 0 Å². The van der Waals surface area contributed by atoms with E-state index in [4.69, 9.17) is 4.74 Å². The molecule has 0 atom stereocenters. The number of fused-ring (bicyclic) bond motifs is 1. The summed E-state index contributed by atoms with van der Waals surface area (Å²) in [6.07, 6.45) is 2.02. The number of benzene rings is 2. The van der Waals surface area contributed by atoms with Crippen molar-refractivity contribution in [2.75, 3.05) is 0 Å². The van der Waals surface area contributed by atoms with Crippen LogP contribution in [-0.4, -0.2) is 20.7 Å². The van der Waals surface area contributed by atoms with E-state index in [1.54, 1.807) is 0 Å². The number of nitrogens with zero attached hydrogens (tertiary/aromatic N) is 3. The molecule has 2 aromatic heterocycles. The molecule has 0 spiro atoms. The van der Waals surface area contributed by atoms with Gasteiger partial charge in [0.1, 0.15) is 5.75 Å². The minimum Gasteiger partial charge on any atom is -0.491 e. The van der Waals surface area contributed by atoms with E-state index in [-0.39, 0.29) is 11.7 Å². The van der Waals surface area contributed by atoms with Gasteiger partial charge in [-0.1, -0.05) is 49.4 Å². The van der Waals surface area contributed by atoms with E-state index in [0.717, 1.165) is 16.9 Å². The Morgan fingerprint density at radius 2 is 1.69 bits per heavy atom. The summed E-state index contributed by atoms with van der Waals surface area (Å²) in [6, 6.07) is 15.9. The van der Waals surface area contributed by atoms with Gasteiger partial charge in [-0.25, -0.2) is 0 Å². The predicted octanol–water partition coefficient (Wildman–Crippen LogP) is 4.28. The van der Waals surface area contributed by atoms with E-state index in [2.05, 4.69) is 36.1 Å². The summed E-state index contributed by atoms with van der Waals surface area (Å²) in [5.41, 5.74) is 2.99. The maximum atomic E-state index is 12.7. The van der Waals surface area contributed by atoms with Crippen molar-refractivity contribution in [3.05, 3.63) is 74.5 Å². The molecule has 0 fully saturated rings. The molecule has 4 aromatic rings. The van der Waals surface area contributed by atoms with Gasteiger partial charge >= 0.3 is 0 Å². The molecule has 29 heavy (non-hydrogen) atoms. The highest BCUT2D eigenvalue weighted by atomic mass is 32.1. The smallest absolute Gasteiger partial charge is 0.291 e. The highest BCUT2D eigenvalue weighted by molar-refractivity contribution is 7.15. The number of thiazole rings is 1. The molecular weight excluding hydrogens is 382 g/mol. The standard InChI is InChI=1S/C23H23N3O2S/c1-14(2)17-7-5-16(6-8-17)13-20-22(27)26-23(29-20)24-21(25-26)18-9-11-19(12-10-18)28-15(3)4/h5-15H,1-4H3/b20-13-. The van der Waals surface area contributed by atoms with Gasteiger partial charge < -0.3 is 4.74 Å². The maximum Gasteiger partial charge on any atom is 0.291 e. The van der Waals surface area contributed by atoms with Gasteiger partial charge in [-0.3, -0.25) is 4.79 Å². The fourth-order valence-corrected chi connectivity index (χ4v) is 3.95. The van der Waals surface area contributed by atoms with Crippen LogP contribution in [0, 0.1) is 0 Å². The summed E-state index contributed by atoms with van der Waals surface area (Å²) >= 11 is 1.35. The predicted molar refractivity (Wildman–Crippen MR) is 118 cm³/mol. The molecule has 0 aliphatic carbocycles. The zero-order chi connectivity index (χ0) is 20.5. The SMILES string of the molecule is CC(C)Oc1ccc(-c2nc3s/c(=C\c4ccc(C(C)C)cc4)c(=O)n3n2)cc1. The summed E-state index contributed by atoms with van der Waals surface area (Å²) < 4.78 is 7.67. The van der Waals surface area contributed by atoms with E-state index in [9.17, 15) is 4.79 Å². The average molecular weight is 406 g/mol. The van der Waals surface area contributed by atoms with Gasteiger partial charge in [0, 0.05) is 5.56 Å². The second-order valence-electron chi connectivity index (χ2n) is 7.56. The molecule has 2 heterocycles. The topological polar surface area (TPSA) is 56.5 Å². The Labute approximate surface area is 173 Å². The van der Waals surface area contributed by atoms with E-state index < -0.39 is 0 Å². The van der Waals surface area contributed by atoms with Crippen molar-refractivity contribution in [1.82, 2.24) is 14.6 Å². The first-order chi connectivity index (χ1) is 13.9. The molecule has 0 radical (unpaired) electrons. The van der Waals surface area contributed by atoms with Gasteiger partial charge in [0.15, 0.2) is 5.82 Å². The van der Waals surface area contributed by atoms with Crippen LogP contribution in [0.3, 0.4) is 0 Å². The molecule has 0 unspecified atom stereocenters. The summed E-state index contributed by atoms with van der Waals surface area (Å²) in [5, 5.41) is 4.42. The van der Waals surface area contributed by atoms with Crippen LogP contribution in [0.1, 0.15) is 44.7 Å². The zero-order valence-corrected chi connectivity index (χ0v) is 17.7. The average Bonchev–Trinajstić information content (AvgIpc) is 3.22. The number of aromatic nitrogens is 3. The van der Waals surface area contributed by atoms with Crippen LogP contribution in [0.5, 0.6) is 5.75 Å².